The minimum absolute atomic E-state index is 0.119. The van der Waals surface area contributed by atoms with Gasteiger partial charge in [-0.05, 0) is 31.0 Å². The molecule has 1 amide bonds. The monoisotopic (exact) mass is 467 g/mol. The second kappa shape index (κ2) is 10.1. The van der Waals surface area contributed by atoms with Crippen LogP contribution in [0.15, 0.2) is 36.5 Å². The lowest BCUT2D eigenvalue weighted by molar-refractivity contribution is 0.00314. The number of carbonyl (C=O) groups excluding carboxylic acids is 1. The standard InChI is InChI=1S/C25H33N5O4/c1-30(2)18-10-8-16(9-11-18)19-12-13-26-24(28-19)29-20-14-32-23-21(15-33-22(20)23)34-25(31)27-17-6-4-3-5-7-17/h8-13,17,20-23H,3-7,14-15H2,1-2H3,(H,27,31)(H,26,28,29). The molecule has 1 saturated carbocycles. The molecule has 0 spiro atoms. The van der Waals surface area contributed by atoms with Crippen LogP contribution in [-0.4, -0.2) is 73.8 Å². The van der Waals surface area contributed by atoms with Crippen LogP contribution < -0.4 is 15.5 Å². The minimum Gasteiger partial charge on any atom is -0.441 e. The average molecular weight is 468 g/mol. The zero-order chi connectivity index (χ0) is 23.5. The summed E-state index contributed by atoms with van der Waals surface area (Å²) in [5.74, 6) is 0.520. The normalized spacial score (nSPS) is 26.6. The lowest BCUT2D eigenvalue weighted by Gasteiger charge is -2.24. The summed E-state index contributed by atoms with van der Waals surface area (Å²) in [6, 6.07) is 10.2. The molecule has 4 atom stereocenters. The molecule has 34 heavy (non-hydrogen) atoms. The molecule has 9 heteroatoms. The highest BCUT2D eigenvalue weighted by Gasteiger charge is 2.49. The molecule has 3 aliphatic rings. The highest BCUT2D eigenvalue weighted by molar-refractivity contribution is 5.68. The van der Waals surface area contributed by atoms with Crippen LogP contribution >= 0.6 is 0 Å². The first-order valence-electron chi connectivity index (χ1n) is 12.1. The number of fused-ring (bicyclic) bond motifs is 1. The first-order chi connectivity index (χ1) is 16.6. The first-order valence-corrected chi connectivity index (χ1v) is 12.1. The van der Waals surface area contributed by atoms with Crippen molar-refractivity contribution in [1.29, 1.82) is 0 Å². The number of aromatic nitrogens is 2. The van der Waals surface area contributed by atoms with Crippen molar-refractivity contribution in [2.45, 2.75) is 62.5 Å². The van der Waals surface area contributed by atoms with Gasteiger partial charge < -0.3 is 29.7 Å². The molecule has 2 aromatic rings. The first kappa shape index (κ1) is 22.9. The molecule has 1 aromatic carbocycles. The molecular weight excluding hydrogens is 434 g/mol. The highest BCUT2D eigenvalue weighted by atomic mass is 16.6. The van der Waals surface area contributed by atoms with Crippen molar-refractivity contribution in [2.75, 3.05) is 37.5 Å². The summed E-state index contributed by atoms with van der Waals surface area (Å²) < 4.78 is 17.6. The van der Waals surface area contributed by atoms with Gasteiger partial charge in [-0.25, -0.2) is 14.8 Å². The van der Waals surface area contributed by atoms with E-state index < -0.39 is 6.10 Å². The van der Waals surface area contributed by atoms with Crippen LogP contribution in [0.5, 0.6) is 0 Å². The Balaban J connectivity index is 1.17. The molecule has 2 saturated heterocycles. The maximum atomic E-state index is 12.4. The summed E-state index contributed by atoms with van der Waals surface area (Å²) in [5.41, 5.74) is 2.99. The zero-order valence-corrected chi connectivity index (χ0v) is 19.8. The van der Waals surface area contributed by atoms with Crippen molar-refractivity contribution >= 4 is 17.7 Å². The Morgan fingerprint density at radius 2 is 1.79 bits per heavy atom. The summed E-state index contributed by atoms with van der Waals surface area (Å²) in [5, 5.41) is 6.35. The second-order valence-electron chi connectivity index (χ2n) is 9.48. The highest BCUT2D eigenvalue weighted by Crippen LogP contribution is 2.31. The van der Waals surface area contributed by atoms with Gasteiger partial charge >= 0.3 is 6.09 Å². The van der Waals surface area contributed by atoms with Gasteiger partial charge in [0.1, 0.15) is 12.2 Å². The Morgan fingerprint density at radius 1 is 1.03 bits per heavy atom. The van der Waals surface area contributed by atoms with Crippen molar-refractivity contribution in [3.8, 4) is 11.3 Å². The largest absolute Gasteiger partial charge is 0.441 e. The Bertz CT molecular complexity index is 980. The fraction of sp³-hybridized carbons (Fsp3) is 0.560. The zero-order valence-electron chi connectivity index (χ0n) is 19.8. The number of nitrogens with zero attached hydrogens (tertiary/aromatic N) is 3. The number of anilines is 2. The van der Waals surface area contributed by atoms with E-state index in [1.54, 1.807) is 6.20 Å². The third-order valence-corrected chi connectivity index (χ3v) is 6.84. The van der Waals surface area contributed by atoms with Crippen molar-refractivity contribution < 1.29 is 19.0 Å². The van der Waals surface area contributed by atoms with Crippen molar-refractivity contribution in [2.24, 2.45) is 0 Å². The molecule has 1 aromatic heterocycles. The number of hydrogen-bond acceptors (Lipinski definition) is 8. The molecule has 9 nitrogen and oxygen atoms in total. The Morgan fingerprint density at radius 3 is 2.56 bits per heavy atom. The number of rotatable bonds is 6. The number of alkyl carbamates (subject to hydrolysis) is 1. The summed E-state index contributed by atoms with van der Waals surface area (Å²) in [6.45, 7) is 0.759. The number of carbonyl (C=O) groups is 1. The van der Waals surface area contributed by atoms with E-state index in [-0.39, 0.29) is 30.4 Å². The topological polar surface area (TPSA) is 97.8 Å². The number of hydrogen-bond donors (Lipinski definition) is 2. The lowest BCUT2D eigenvalue weighted by atomic mass is 9.96. The van der Waals surface area contributed by atoms with Crippen LogP contribution in [0.1, 0.15) is 32.1 Å². The predicted molar refractivity (Wildman–Crippen MR) is 129 cm³/mol. The number of ether oxygens (including phenoxy) is 3. The van der Waals surface area contributed by atoms with Crippen LogP contribution in [0.3, 0.4) is 0 Å². The molecule has 3 fully saturated rings. The molecule has 4 unspecified atom stereocenters. The van der Waals surface area contributed by atoms with E-state index in [1.807, 2.05) is 20.2 Å². The molecule has 0 bridgehead atoms. The lowest BCUT2D eigenvalue weighted by Crippen LogP contribution is -2.42. The summed E-state index contributed by atoms with van der Waals surface area (Å²) in [6.07, 6.45) is 6.02. The molecule has 182 valence electrons. The molecule has 1 aliphatic carbocycles. The maximum absolute atomic E-state index is 12.4. The summed E-state index contributed by atoms with van der Waals surface area (Å²) >= 11 is 0. The molecule has 3 heterocycles. The number of nitrogens with one attached hydrogen (secondary N) is 2. The van der Waals surface area contributed by atoms with E-state index in [4.69, 9.17) is 14.2 Å². The van der Waals surface area contributed by atoms with Crippen LogP contribution in [-0.2, 0) is 14.2 Å². The summed E-state index contributed by atoms with van der Waals surface area (Å²) in [7, 11) is 4.03. The van der Waals surface area contributed by atoms with Gasteiger partial charge in [0.25, 0.3) is 0 Å². The predicted octanol–water partition coefficient (Wildman–Crippen LogP) is 3.22. The number of amides is 1. The van der Waals surface area contributed by atoms with E-state index >= 15 is 0 Å². The van der Waals surface area contributed by atoms with E-state index in [1.165, 1.54) is 6.42 Å². The van der Waals surface area contributed by atoms with Gasteiger partial charge in [-0.2, -0.15) is 0 Å². The van der Waals surface area contributed by atoms with Crippen molar-refractivity contribution in [1.82, 2.24) is 15.3 Å². The Hall–Kier alpha value is -2.91. The minimum atomic E-state index is -0.414. The fourth-order valence-electron chi connectivity index (χ4n) is 4.96. The van der Waals surface area contributed by atoms with Gasteiger partial charge in [-0.1, -0.05) is 31.4 Å². The average Bonchev–Trinajstić information content (AvgIpc) is 3.43. The quantitative estimate of drug-likeness (QED) is 0.668. The third kappa shape index (κ3) is 5.10. The van der Waals surface area contributed by atoms with Gasteiger partial charge in [-0.15, -0.1) is 0 Å². The third-order valence-electron chi connectivity index (χ3n) is 6.84. The second-order valence-corrected chi connectivity index (χ2v) is 9.48. The molecule has 2 N–H and O–H groups in total. The number of benzene rings is 1. The van der Waals surface area contributed by atoms with E-state index in [9.17, 15) is 4.79 Å². The van der Waals surface area contributed by atoms with Gasteiger partial charge in [0.15, 0.2) is 6.10 Å². The molecular formula is C25H33N5O4. The van der Waals surface area contributed by atoms with E-state index in [0.717, 1.165) is 42.6 Å². The van der Waals surface area contributed by atoms with Gasteiger partial charge in [0.2, 0.25) is 5.95 Å². The molecule has 0 radical (unpaired) electrons. The van der Waals surface area contributed by atoms with Crippen LogP contribution in [0.4, 0.5) is 16.4 Å². The Labute approximate surface area is 200 Å². The van der Waals surface area contributed by atoms with Gasteiger partial charge in [0.05, 0.1) is 24.9 Å². The van der Waals surface area contributed by atoms with Gasteiger partial charge in [0, 0.05) is 37.6 Å². The van der Waals surface area contributed by atoms with Crippen molar-refractivity contribution in [3.63, 3.8) is 0 Å². The Kier molecular flexibility index (Phi) is 6.82. The van der Waals surface area contributed by atoms with Crippen LogP contribution in [0, 0.1) is 0 Å². The smallest absolute Gasteiger partial charge is 0.407 e. The van der Waals surface area contributed by atoms with Crippen LogP contribution in [0.2, 0.25) is 0 Å². The van der Waals surface area contributed by atoms with Crippen LogP contribution in [0.25, 0.3) is 11.3 Å². The molecule has 2 aliphatic heterocycles. The van der Waals surface area contributed by atoms with E-state index in [2.05, 4.69) is 49.8 Å². The fourth-order valence-corrected chi connectivity index (χ4v) is 4.96. The summed E-state index contributed by atoms with van der Waals surface area (Å²) in [4.78, 5) is 23.5. The SMILES string of the molecule is CN(C)c1ccc(-c2ccnc(NC3COC4C(OC(=O)NC5CCCCC5)COC34)n2)cc1. The van der Waals surface area contributed by atoms with Gasteiger partial charge in [-0.3, -0.25) is 0 Å². The van der Waals surface area contributed by atoms with Crippen molar-refractivity contribution in [3.05, 3.63) is 36.5 Å². The maximum Gasteiger partial charge on any atom is 0.407 e. The van der Waals surface area contributed by atoms with E-state index in [0.29, 0.717) is 19.2 Å². The molecule has 5 rings (SSSR count).